The first-order chi connectivity index (χ1) is 5.31. The van der Waals surface area contributed by atoms with Gasteiger partial charge in [-0.05, 0) is 12.3 Å². The van der Waals surface area contributed by atoms with Crippen molar-refractivity contribution in [3.63, 3.8) is 0 Å². The van der Waals surface area contributed by atoms with Crippen LogP contribution >= 0.6 is 0 Å². The second-order valence-electron chi connectivity index (χ2n) is 2.64. The van der Waals surface area contributed by atoms with Crippen molar-refractivity contribution in [3.05, 3.63) is 0 Å². The van der Waals surface area contributed by atoms with E-state index in [-0.39, 0.29) is 0 Å². The Morgan fingerprint density at radius 1 is 1.27 bits per heavy atom. The largest absolute Gasteiger partial charge is 0.120 e. The maximum Gasteiger partial charge on any atom is 0.00885 e. The molecule has 0 aromatic carbocycles. The molecule has 0 amide bonds. The molecule has 1 unspecified atom stereocenters. The van der Waals surface area contributed by atoms with Crippen molar-refractivity contribution in [1.29, 1.82) is 0 Å². The highest BCUT2D eigenvalue weighted by Crippen LogP contribution is 2.10. The summed E-state index contributed by atoms with van der Waals surface area (Å²) in [5.41, 5.74) is 0. The van der Waals surface area contributed by atoms with Gasteiger partial charge >= 0.3 is 0 Å². The van der Waals surface area contributed by atoms with Gasteiger partial charge in [0.1, 0.15) is 0 Å². The quantitative estimate of drug-likeness (QED) is 0.539. The SMILES string of the molecule is C#CCCC(C)CCC.CC. The van der Waals surface area contributed by atoms with E-state index in [0.717, 1.165) is 12.3 Å². The summed E-state index contributed by atoms with van der Waals surface area (Å²) in [5.74, 6) is 3.48. The minimum absolute atomic E-state index is 0.825. The van der Waals surface area contributed by atoms with Crippen LogP contribution in [0.2, 0.25) is 0 Å². The van der Waals surface area contributed by atoms with E-state index in [1.807, 2.05) is 13.8 Å². The van der Waals surface area contributed by atoms with Gasteiger partial charge in [-0.25, -0.2) is 0 Å². The molecule has 66 valence electrons. The molecule has 11 heavy (non-hydrogen) atoms. The topological polar surface area (TPSA) is 0 Å². The summed E-state index contributed by atoms with van der Waals surface area (Å²) >= 11 is 0. The fourth-order valence-corrected chi connectivity index (χ4v) is 0.967. The van der Waals surface area contributed by atoms with E-state index in [1.165, 1.54) is 19.3 Å². The monoisotopic (exact) mass is 154 g/mol. The molecule has 0 nitrogen and oxygen atoms in total. The van der Waals surface area contributed by atoms with Gasteiger partial charge in [0.05, 0.1) is 0 Å². The normalized spacial score (nSPS) is 10.8. The summed E-state index contributed by atoms with van der Waals surface area (Å²) < 4.78 is 0. The van der Waals surface area contributed by atoms with Crippen LogP contribution in [0, 0.1) is 18.3 Å². The Labute approximate surface area is 72.4 Å². The second kappa shape index (κ2) is 12.3. The fraction of sp³-hybridized carbons (Fsp3) is 0.818. The molecule has 0 aliphatic carbocycles. The molecule has 0 saturated heterocycles. The van der Waals surface area contributed by atoms with Gasteiger partial charge < -0.3 is 0 Å². The van der Waals surface area contributed by atoms with Crippen molar-refractivity contribution >= 4 is 0 Å². The van der Waals surface area contributed by atoms with E-state index in [0.29, 0.717) is 0 Å². The zero-order chi connectivity index (χ0) is 9.11. The lowest BCUT2D eigenvalue weighted by Crippen LogP contribution is -1.91. The van der Waals surface area contributed by atoms with E-state index in [2.05, 4.69) is 19.8 Å². The van der Waals surface area contributed by atoms with Crippen LogP contribution in [0.5, 0.6) is 0 Å². The van der Waals surface area contributed by atoms with Crippen molar-refractivity contribution in [2.45, 2.75) is 53.4 Å². The molecule has 0 aliphatic heterocycles. The molecule has 0 N–H and O–H groups in total. The van der Waals surface area contributed by atoms with Crippen LogP contribution in [0.3, 0.4) is 0 Å². The highest BCUT2D eigenvalue weighted by molar-refractivity contribution is 4.83. The van der Waals surface area contributed by atoms with Crippen molar-refractivity contribution in [3.8, 4) is 12.3 Å². The van der Waals surface area contributed by atoms with Crippen LogP contribution in [0.25, 0.3) is 0 Å². The van der Waals surface area contributed by atoms with Gasteiger partial charge in [0.25, 0.3) is 0 Å². The van der Waals surface area contributed by atoms with Crippen molar-refractivity contribution in [2.75, 3.05) is 0 Å². The summed E-state index contributed by atoms with van der Waals surface area (Å²) in [4.78, 5) is 0. The van der Waals surface area contributed by atoms with Crippen LogP contribution in [0.1, 0.15) is 53.4 Å². The molecule has 0 heterocycles. The van der Waals surface area contributed by atoms with Crippen LogP contribution in [-0.4, -0.2) is 0 Å². The predicted molar refractivity (Wildman–Crippen MR) is 53.5 cm³/mol. The first-order valence-corrected chi connectivity index (χ1v) is 4.74. The van der Waals surface area contributed by atoms with Gasteiger partial charge in [0.15, 0.2) is 0 Å². The summed E-state index contributed by atoms with van der Waals surface area (Å²) in [6, 6.07) is 0. The lowest BCUT2D eigenvalue weighted by molar-refractivity contribution is 0.494. The lowest BCUT2D eigenvalue weighted by atomic mass is 10.0. The predicted octanol–water partition coefficient (Wildman–Crippen LogP) is 3.86. The molecule has 0 radical (unpaired) electrons. The van der Waals surface area contributed by atoms with Crippen LogP contribution in [-0.2, 0) is 0 Å². The van der Waals surface area contributed by atoms with E-state index in [9.17, 15) is 0 Å². The van der Waals surface area contributed by atoms with E-state index >= 15 is 0 Å². The second-order valence-corrected chi connectivity index (χ2v) is 2.64. The van der Waals surface area contributed by atoms with Crippen molar-refractivity contribution in [1.82, 2.24) is 0 Å². The zero-order valence-corrected chi connectivity index (χ0v) is 8.48. The highest BCUT2D eigenvalue weighted by atomic mass is 14.0. The molecule has 0 aromatic rings. The third-order valence-corrected chi connectivity index (χ3v) is 1.56. The average Bonchev–Trinajstić information content (AvgIpc) is 2.05. The first-order valence-electron chi connectivity index (χ1n) is 4.74. The minimum atomic E-state index is 0.825. The van der Waals surface area contributed by atoms with Crippen LogP contribution in [0.4, 0.5) is 0 Å². The standard InChI is InChI=1S/C9H16.C2H6/c1-4-6-8-9(3)7-5-2;1-2/h1,9H,5-8H2,2-3H3;1-2H3. The molecule has 0 aliphatic rings. The Kier molecular flexibility index (Phi) is 14.7. The Hall–Kier alpha value is -0.440. The molecule has 0 spiro atoms. The third kappa shape index (κ3) is 12.7. The number of terminal acetylenes is 1. The average molecular weight is 154 g/mol. The molecule has 0 heteroatoms. The first kappa shape index (κ1) is 13.2. The van der Waals surface area contributed by atoms with Gasteiger partial charge in [-0.1, -0.05) is 40.5 Å². The van der Waals surface area contributed by atoms with Crippen LogP contribution < -0.4 is 0 Å². The maximum atomic E-state index is 5.12. The van der Waals surface area contributed by atoms with Crippen molar-refractivity contribution < 1.29 is 0 Å². The molecule has 1 atom stereocenters. The van der Waals surface area contributed by atoms with Gasteiger partial charge in [0, 0.05) is 6.42 Å². The smallest absolute Gasteiger partial charge is 0.00885 e. The summed E-state index contributed by atoms with van der Waals surface area (Å²) in [7, 11) is 0. The molecular weight excluding hydrogens is 132 g/mol. The summed E-state index contributed by atoms with van der Waals surface area (Å²) in [5, 5.41) is 0. The summed E-state index contributed by atoms with van der Waals surface area (Å²) in [6.07, 6.45) is 9.87. The van der Waals surface area contributed by atoms with Crippen molar-refractivity contribution in [2.24, 2.45) is 5.92 Å². The van der Waals surface area contributed by atoms with E-state index < -0.39 is 0 Å². The number of hydrogen-bond donors (Lipinski definition) is 0. The van der Waals surface area contributed by atoms with Crippen LogP contribution in [0.15, 0.2) is 0 Å². The Bertz CT molecular complexity index is 86.7. The van der Waals surface area contributed by atoms with E-state index in [1.54, 1.807) is 0 Å². The molecule has 0 aromatic heterocycles. The Morgan fingerprint density at radius 3 is 2.18 bits per heavy atom. The third-order valence-electron chi connectivity index (χ3n) is 1.56. The van der Waals surface area contributed by atoms with Gasteiger partial charge in [-0.2, -0.15) is 0 Å². The number of hydrogen-bond acceptors (Lipinski definition) is 0. The number of rotatable bonds is 4. The lowest BCUT2D eigenvalue weighted by Gasteiger charge is -2.05. The van der Waals surface area contributed by atoms with Gasteiger partial charge in [0.2, 0.25) is 0 Å². The fourth-order valence-electron chi connectivity index (χ4n) is 0.967. The van der Waals surface area contributed by atoms with Gasteiger partial charge in [-0.3, -0.25) is 0 Å². The van der Waals surface area contributed by atoms with Gasteiger partial charge in [-0.15, -0.1) is 12.3 Å². The molecule has 0 rings (SSSR count). The minimum Gasteiger partial charge on any atom is -0.120 e. The Balaban J connectivity index is 0. The molecular formula is C11H22. The molecule has 0 bridgehead atoms. The maximum absolute atomic E-state index is 5.12. The summed E-state index contributed by atoms with van der Waals surface area (Å²) in [6.45, 7) is 8.48. The zero-order valence-electron chi connectivity index (χ0n) is 8.48. The Morgan fingerprint density at radius 2 is 1.82 bits per heavy atom. The van der Waals surface area contributed by atoms with E-state index in [4.69, 9.17) is 6.42 Å². The molecule has 0 saturated carbocycles. The molecule has 0 fully saturated rings. The highest BCUT2D eigenvalue weighted by Gasteiger charge is 1.96.